The molecular weight excluding hydrogens is 280 g/mol. The first kappa shape index (κ1) is 14.3. The van der Waals surface area contributed by atoms with E-state index < -0.39 is 0 Å². The first-order valence-corrected chi connectivity index (χ1v) is 7.10. The first-order chi connectivity index (χ1) is 10.7. The predicted octanol–water partition coefficient (Wildman–Crippen LogP) is 2.68. The van der Waals surface area contributed by atoms with Crippen LogP contribution in [0.4, 0.5) is 0 Å². The molecule has 3 aromatic rings. The third-order valence-electron chi connectivity index (χ3n) is 3.60. The second kappa shape index (κ2) is 5.63. The van der Waals surface area contributed by atoms with Gasteiger partial charge in [0, 0.05) is 5.56 Å². The van der Waals surface area contributed by atoms with Gasteiger partial charge in [0.15, 0.2) is 5.65 Å². The first-order valence-electron chi connectivity index (χ1n) is 7.10. The number of aromatic nitrogens is 4. The zero-order valence-electron chi connectivity index (χ0n) is 13.1. The Kier molecular flexibility index (Phi) is 3.66. The number of benzene rings is 1. The van der Waals surface area contributed by atoms with Crippen molar-refractivity contribution in [3.63, 3.8) is 0 Å². The van der Waals surface area contributed by atoms with Gasteiger partial charge >= 0.3 is 0 Å². The normalized spacial score (nSPS) is 10.9. The molecule has 0 N–H and O–H groups in total. The van der Waals surface area contributed by atoms with Crippen LogP contribution < -0.4 is 9.47 Å². The quantitative estimate of drug-likeness (QED) is 0.741. The van der Waals surface area contributed by atoms with Crippen molar-refractivity contribution in [2.75, 3.05) is 14.2 Å². The van der Waals surface area contributed by atoms with Gasteiger partial charge in [0.1, 0.15) is 17.8 Å². The Labute approximate surface area is 128 Å². The zero-order chi connectivity index (χ0) is 15.7. The van der Waals surface area contributed by atoms with Gasteiger partial charge in [-0.2, -0.15) is 9.61 Å². The van der Waals surface area contributed by atoms with E-state index in [2.05, 4.69) is 22.2 Å². The average Bonchev–Trinajstić information content (AvgIpc) is 3.01. The minimum atomic E-state index is 0.678. The molecule has 0 atom stereocenters. The van der Waals surface area contributed by atoms with Gasteiger partial charge in [-0.1, -0.05) is 6.92 Å². The SMILES string of the molecule is CCc1cc(-c2c(OC)cc(C)cc2OC)c2nncn2n1. The minimum absolute atomic E-state index is 0.678. The summed E-state index contributed by atoms with van der Waals surface area (Å²) in [7, 11) is 3.31. The van der Waals surface area contributed by atoms with Crippen molar-refractivity contribution in [2.45, 2.75) is 20.3 Å². The van der Waals surface area contributed by atoms with Crippen molar-refractivity contribution in [2.24, 2.45) is 0 Å². The zero-order valence-corrected chi connectivity index (χ0v) is 13.1. The van der Waals surface area contributed by atoms with Crippen LogP contribution in [0.25, 0.3) is 16.8 Å². The van der Waals surface area contributed by atoms with Crippen LogP contribution in [-0.4, -0.2) is 34.0 Å². The molecule has 0 radical (unpaired) electrons. The summed E-state index contributed by atoms with van der Waals surface area (Å²) < 4.78 is 12.8. The van der Waals surface area contributed by atoms with Crippen molar-refractivity contribution in [3.05, 3.63) is 35.8 Å². The van der Waals surface area contributed by atoms with Gasteiger partial charge in [-0.05, 0) is 37.1 Å². The second-order valence-electron chi connectivity index (χ2n) is 5.05. The largest absolute Gasteiger partial charge is 0.496 e. The highest BCUT2D eigenvalue weighted by molar-refractivity contribution is 5.86. The number of aryl methyl sites for hydroxylation is 2. The maximum atomic E-state index is 5.56. The van der Waals surface area contributed by atoms with Gasteiger partial charge in [-0.15, -0.1) is 10.2 Å². The number of hydrogen-bond acceptors (Lipinski definition) is 5. The molecule has 0 aliphatic carbocycles. The van der Waals surface area contributed by atoms with Crippen LogP contribution in [0.1, 0.15) is 18.2 Å². The van der Waals surface area contributed by atoms with E-state index in [1.807, 2.05) is 25.1 Å². The molecule has 6 heteroatoms. The molecule has 0 bridgehead atoms. The van der Waals surface area contributed by atoms with Crippen molar-refractivity contribution in [3.8, 4) is 22.6 Å². The lowest BCUT2D eigenvalue weighted by Gasteiger charge is -2.15. The molecule has 0 aliphatic heterocycles. The number of fused-ring (bicyclic) bond motifs is 1. The number of ether oxygens (including phenoxy) is 2. The van der Waals surface area contributed by atoms with Crippen molar-refractivity contribution >= 4 is 5.65 Å². The Morgan fingerprint density at radius 1 is 1.09 bits per heavy atom. The minimum Gasteiger partial charge on any atom is -0.496 e. The summed E-state index contributed by atoms with van der Waals surface area (Å²) in [6, 6.07) is 5.98. The van der Waals surface area contributed by atoms with E-state index in [4.69, 9.17) is 9.47 Å². The molecule has 1 aromatic carbocycles. The van der Waals surface area contributed by atoms with Gasteiger partial charge in [0.2, 0.25) is 0 Å². The smallest absolute Gasteiger partial charge is 0.185 e. The van der Waals surface area contributed by atoms with Gasteiger partial charge in [-0.3, -0.25) is 0 Å². The Balaban J connectivity index is 2.38. The van der Waals surface area contributed by atoms with Crippen LogP contribution in [0.3, 0.4) is 0 Å². The summed E-state index contributed by atoms with van der Waals surface area (Å²) in [6.07, 6.45) is 2.42. The van der Waals surface area contributed by atoms with Gasteiger partial charge < -0.3 is 9.47 Å². The number of methoxy groups -OCH3 is 2. The maximum absolute atomic E-state index is 5.56. The third kappa shape index (κ3) is 2.26. The Bertz CT molecular complexity index is 801. The van der Waals surface area contributed by atoms with E-state index in [-0.39, 0.29) is 0 Å². The summed E-state index contributed by atoms with van der Waals surface area (Å²) >= 11 is 0. The van der Waals surface area contributed by atoms with Crippen LogP contribution in [-0.2, 0) is 6.42 Å². The average molecular weight is 298 g/mol. The molecule has 0 fully saturated rings. The van der Waals surface area contributed by atoms with Crippen molar-refractivity contribution in [1.29, 1.82) is 0 Å². The Morgan fingerprint density at radius 3 is 2.36 bits per heavy atom. The molecule has 0 amide bonds. The van der Waals surface area contributed by atoms with E-state index >= 15 is 0 Å². The van der Waals surface area contributed by atoms with Crippen molar-refractivity contribution in [1.82, 2.24) is 19.8 Å². The number of hydrogen-bond donors (Lipinski definition) is 0. The third-order valence-corrected chi connectivity index (χ3v) is 3.60. The molecule has 2 heterocycles. The molecule has 0 aliphatic rings. The van der Waals surface area contributed by atoms with Crippen LogP contribution >= 0.6 is 0 Å². The molecule has 2 aromatic heterocycles. The highest BCUT2D eigenvalue weighted by atomic mass is 16.5. The fraction of sp³-hybridized carbons (Fsp3) is 0.312. The van der Waals surface area contributed by atoms with Gasteiger partial charge in [-0.25, -0.2) is 0 Å². The summed E-state index contributed by atoms with van der Waals surface area (Å²) in [5.41, 5.74) is 4.47. The lowest BCUT2D eigenvalue weighted by Crippen LogP contribution is -2.01. The fourth-order valence-electron chi connectivity index (χ4n) is 2.54. The second-order valence-corrected chi connectivity index (χ2v) is 5.05. The number of rotatable bonds is 4. The summed E-state index contributed by atoms with van der Waals surface area (Å²) in [5.74, 6) is 1.49. The standard InChI is InChI=1S/C16H18N4O2/c1-5-11-8-12(16-18-17-9-20(16)19-11)15-13(21-3)6-10(2)7-14(15)22-4/h6-9H,5H2,1-4H3. The number of nitrogens with zero attached hydrogens (tertiary/aromatic N) is 4. The molecule has 114 valence electrons. The fourth-order valence-corrected chi connectivity index (χ4v) is 2.54. The van der Waals surface area contributed by atoms with E-state index in [1.54, 1.807) is 25.1 Å². The molecule has 22 heavy (non-hydrogen) atoms. The van der Waals surface area contributed by atoms with Crippen LogP contribution in [0.5, 0.6) is 11.5 Å². The molecule has 3 rings (SSSR count). The van der Waals surface area contributed by atoms with E-state index in [9.17, 15) is 0 Å². The molecule has 6 nitrogen and oxygen atoms in total. The Hall–Kier alpha value is -2.63. The van der Waals surface area contributed by atoms with Crippen molar-refractivity contribution < 1.29 is 9.47 Å². The molecule has 0 saturated heterocycles. The van der Waals surface area contributed by atoms with Gasteiger partial charge in [0.25, 0.3) is 0 Å². The van der Waals surface area contributed by atoms with E-state index in [0.29, 0.717) is 5.65 Å². The summed E-state index contributed by atoms with van der Waals surface area (Å²) in [5, 5.41) is 12.6. The summed E-state index contributed by atoms with van der Waals surface area (Å²) in [6.45, 7) is 4.07. The maximum Gasteiger partial charge on any atom is 0.185 e. The highest BCUT2D eigenvalue weighted by Gasteiger charge is 2.19. The molecule has 0 spiro atoms. The van der Waals surface area contributed by atoms with E-state index in [1.165, 1.54) is 0 Å². The van der Waals surface area contributed by atoms with Gasteiger partial charge in [0.05, 0.1) is 25.5 Å². The van der Waals surface area contributed by atoms with Crippen LogP contribution in [0.15, 0.2) is 24.5 Å². The summed E-state index contributed by atoms with van der Waals surface area (Å²) in [4.78, 5) is 0. The van der Waals surface area contributed by atoms with E-state index in [0.717, 1.165) is 40.3 Å². The van der Waals surface area contributed by atoms with Crippen LogP contribution in [0, 0.1) is 6.92 Å². The highest BCUT2D eigenvalue weighted by Crippen LogP contribution is 2.41. The molecule has 0 saturated carbocycles. The predicted molar refractivity (Wildman–Crippen MR) is 83.4 cm³/mol. The topological polar surface area (TPSA) is 61.5 Å². The van der Waals surface area contributed by atoms with Crippen LogP contribution in [0.2, 0.25) is 0 Å². The monoisotopic (exact) mass is 298 g/mol. The Morgan fingerprint density at radius 2 is 1.77 bits per heavy atom. The lowest BCUT2D eigenvalue weighted by molar-refractivity contribution is 0.397. The lowest BCUT2D eigenvalue weighted by atomic mass is 10.0. The molecule has 0 unspecified atom stereocenters. The molecular formula is C16H18N4O2.